The Labute approximate surface area is 204 Å². The van der Waals surface area contributed by atoms with Gasteiger partial charge >= 0.3 is 0 Å². The molecule has 2 N–H and O–H groups in total. The van der Waals surface area contributed by atoms with E-state index in [1.807, 2.05) is 42.2 Å². The average molecular weight is 480 g/mol. The van der Waals surface area contributed by atoms with E-state index in [4.69, 9.17) is 26.4 Å². The summed E-state index contributed by atoms with van der Waals surface area (Å²) in [7, 11) is 0. The van der Waals surface area contributed by atoms with Crippen molar-refractivity contribution in [1.82, 2.24) is 15.2 Å². The standard InChI is InChI=1S/C26H29N3O4S/c1-16-8-19-11-20(25(30)28-22(19)9-17(16)2)14-29(26(34)27-12-21-4-3-7-31-21)13-18-5-6-23-24(10-18)33-15-32-23/h5-6,8-11,21H,3-4,7,12-15H2,1-2H3,(H,27,34)(H,28,30)/t21-/m0/s1. The molecule has 7 nitrogen and oxygen atoms in total. The number of benzene rings is 2. The molecule has 1 aromatic heterocycles. The molecule has 0 aliphatic carbocycles. The van der Waals surface area contributed by atoms with Crippen LogP contribution in [0.1, 0.15) is 35.1 Å². The molecule has 8 heteroatoms. The lowest BCUT2D eigenvalue weighted by molar-refractivity contribution is 0.113. The monoisotopic (exact) mass is 479 g/mol. The Morgan fingerprint density at radius 1 is 1.12 bits per heavy atom. The van der Waals surface area contributed by atoms with E-state index in [1.165, 1.54) is 5.56 Å². The molecule has 5 rings (SSSR count). The summed E-state index contributed by atoms with van der Waals surface area (Å²) in [6.45, 7) is 6.72. The van der Waals surface area contributed by atoms with Gasteiger partial charge in [0.25, 0.3) is 5.56 Å². The number of ether oxygens (including phenoxy) is 3. The van der Waals surface area contributed by atoms with Gasteiger partial charge in [0.15, 0.2) is 16.6 Å². The van der Waals surface area contributed by atoms with Gasteiger partial charge in [-0.3, -0.25) is 4.79 Å². The predicted octanol–water partition coefficient (Wildman–Crippen LogP) is 3.93. The summed E-state index contributed by atoms with van der Waals surface area (Å²) in [5.74, 6) is 1.47. The van der Waals surface area contributed by atoms with E-state index < -0.39 is 0 Å². The van der Waals surface area contributed by atoms with E-state index in [0.29, 0.717) is 30.3 Å². The number of hydrogen-bond donors (Lipinski definition) is 2. The Hall–Kier alpha value is -3.10. The van der Waals surface area contributed by atoms with Gasteiger partial charge in [-0.15, -0.1) is 0 Å². The molecule has 0 spiro atoms. The molecule has 0 saturated carbocycles. The van der Waals surface area contributed by atoms with E-state index in [1.54, 1.807) is 0 Å². The molecule has 0 bridgehead atoms. The highest BCUT2D eigenvalue weighted by Gasteiger charge is 2.20. The minimum atomic E-state index is -0.103. The van der Waals surface area contributed by atoms with Gasteiger partial charge < -0.3 is 29.4 Å². The highest BCUT2D eigenvalue weighted by Crippen LogP contribution is 2.33. The van der Waals surface area contributed by atoms with Crippen LogP contribution in [0.5, 0.6) is 11.5 Å². The number of pyridine rings is 1. The van der Waals surface area contributed by atoms with Crippen molar-refractivity contribution >= 4 is 28.2 Å². The van der Waals surface area contributed by atoms with E-state index in [9.17, 15) is 4.79 Å². The van der Waals surface area contributed by atoms with Gasteiger partial charge in [-0.05, 0) is 91.3 Å². The van der Waals surface area contributed by atoms with Crippen LogP contribution < -0.4 is 20.3 Å². The van der Waals surface area contributed by atoms with Gasteiger partial charge in [0, 0.05) is 30.8 Å². The van der Waals surface area contributed by atoms with Crippen LogP contribution in [0.25, 0.3) is 10.9 Å². The zero-order valence-electron chi connectivity index (χ0n) is 19.5. The predicted molar refractivity (Wildman–Crippen MR) is 135 cm³/mol. The minimum absolute atomic E-state index is 0.103. The third-order valence-electron chi connectivity index (χ3n) is 6.50. The lowest BCUT2D eigenvalue weighted by atomic mass is 10.0. The van der Waals surface area contributed by atoms with Gasteiger partial charge in [0.1, 0.15) is 0 Å². The second-order valence-electron chi connectivity index (χ2n) is 9.01. The maximum Gasteiger partial charge on any atom is 0.253 e. The van der Waals surface area contributed by atoms with E-state index in [-0.39, 0.29) is 18.5 Å². The van der Waals surface area contributed by atoms with Crippen LogP contribution in [0.2, 0.25) is 0 Å². The molecule has 0 amide bonds. The van der Waals surface area contributed by atoms with Crippen LogP contribution in [0, 0.1) is 13.8 Å². The number of rotatable bonds is 6. The first-order chi connectivity index (χ1) is 16.5. The van der Waals surface area contributed by atoms with Crippen molar-refractivity contribution in [2.75, 3.05) is 19.9 Å². The molecule has 2 aliphatic rings. The lowest BCUT2D eigenvalue weighted by Crippen LogP contribution is -2.42. The third-order valence-corrected chi connectivity index (χ3v) is 6.90. The number of aromatic nitrogens is 1. The van der Waals surface area contributed by atoms with Gasteiger partial charge in [-0.2, -0.15) is 0 Å². The Morgan fingerprint density at radius 3 is 2.76 bits per heavy atom. The second kappa shape index (κ2) is 9.64. The van der Waals surface area contributed by atoms with Crippen LogP contribution in [-0.2, 0) is 17.8 Å². The van der Waals surface area contributed by atoms with E-state index in [0.717, 1.165) is 53.0 Å². The largest absolute Gasteiger partial charge is 0.454 e. The maximum absolute atomic E-state index is 13.0. The molecule has 34 heavy (non-hydrogen) atoms. The second-order valence-corrected chi connectivity index (χ2v) is 9.40. The number of fused-ring (bicyclic) bond motifs is 2. The van der Waals surface area contributed by atoms with Crippen molar-refractivity contribution in [2.24, 2.45) is 0 Å². The molecule has 2 aromatic carbocycles. The summed E-state index contributed by atoms with van der Waals surface area (Å²) in [4.78, 5) is 18.0. The average Bonchev–Trinajstić information content (AvgIpc) is 3.50. The fourth-order valence-electron chi connectivity index (χ4n) is 4.42. The number of thiocarbonyl (C=S) groups is 1. The Morgan fingerprint density at radius 2 is 1.94 bits per heavy atom. The van der Waals surface area contributed by atoms with Gasteiger partial charge in [-0.25, -0.2) is 0 Å². The van der Waals surface area contributed by atoms with Crippen molar-refractivity contribution < 1.29 is 14.2 Å². The molecule has 3 heterocycles. The maximum atomic E-state index is 13.0. The zero-order chi connectivity index (χ0) is 23.7. The quantitative estimate of drug-likeness (QED) is 0.519. The summed E-state index contributed by atoms with van der Waals surface area (Å²) in [6, 6.07) is 12.0. The molecule has 178 valence electrons. The normalized spacial score (nSPS) is 16.7. The van der Waals surface area contributed by atoms with Crippen molar-refractivity contribution in [2.45, 2.75) is 45.9 Å². The molecule has 1 saturated heterocycles. The summed E-state index contributed by atoms with van der Waals surface area (Å²) < 4.78 is 16.7. The summed E-state index contributed by atoms with van der Waals surface area (Å²) in [5.41, 5.74) is 4.77. The highest BCUT2D eigenvalue weighted by atomic mass is 32.1. The number of aryl methyl sites for hydroxylation is 2. The van der Waals surface area contributed by atoms with Gasteiger partial charge in [0.2, 0.25) is 6.79 Å². The first kappa shape index (κ1) is 22.7. The van der Waals surface area contributed by atoms with Crippen LogP contribution >= 0.6 is 12.2 Å². The van der Waals surface area contributed by atoms with Crippen molar-refractivity contribution in [3.05, 3.63) is 69.0 Å². The fourth-order valence-corrected chi connectivity index (χ4v) is 4.64. The number of H-pyrrole nitrogens is 1. The number of aromatic amines is 1. The van der Waals surface area contributed by atoms with Crippen molar-refractivity contribution in [3.63, 3.8) is 0 Å². The van der Waals surface area contributed by atoms with Gasteiger partial charge in [-0.1, -0.05) is 6.07 Å². The molecule has 0 unspecified atom stereocenters. The molecule has 0 radical (unpaired) electrons. The van der Waals surface area contributed by atoms with Crippen molar-refractivity contribution in [3.8, 4) is 11.5 Å². The first-order valence-corrected chi connectivity index (χ1v) is 12.0. The summed E-state index contributed by atoms with van der Waals surface area (Å²) in [5, 5.41) is 4.96. The van der Waals surface area contributed by atoms with E-state index in [2.05, 4.69) is 23.3 Å². The lowest BCUT2D eigenvalue weighted by Gasteiger charge is -2.27. The SMILES string of the molecule is Cc1cc2cc(CN(Cc3ccc4c(c3)OCO4)C(=S)NC[C@@H]3CCCO3)c(=O)[nH]c2cc1C. The number of nitrogens with zero attached hydrogens (tertiary/aromatic N) is 1. The Bertz CT molecular complexity index is 1280. The first-order valence-electron chi connectivity index (χ1n) is 11.6. The molecule has 1 fully saturated rings. The molecular formula is C26H29N3O4S. The summed E-state index contributed by atoms with van der Waals surface area (Å²) in [6.07, 6.45) is 2.27. The zero-order valence-corrected chi connectivity index (χ0v) is 20.3. The fraction of sp³-hybridized carbons (Fsp3) is 0.385. The minimum Gasteiger partial charge on any atom is -0.454 e. The molecule has 1 atom stereocenters. The number of hydrogen-bond acceptors (Lipinski definition) is 5. The van der Waals surface area contributed by atoms with Crippen molar-refractivity contribution in [1.29, 1.82) is 0 Å². The third kappa shape index (κ3) is 4.88. The topological polar surface area (TPSA) is 75.8 Å². The van der Waals surface area contributed by atoms with Crippen LogP contribution in [-0.4, -0.2) is 41.0 Å². The van der Waals surface area contributed by atoms with Gasteiger partial charge in [0.05, 0.1) is 12.6 Å². The highest BCUT2D eigenvalue weighted by molar-refractivity contribution is 7.80. The van der Waals surface area contributed by atoms with Crippen LogP contribution in [0.4, 0.5) is 0 Å². The van der Waals surface area contributed by atoms with Crippen LogP contribution in [0.15, 0.2) is 41.2 Å². The van der Waals surface area contributed by atoms with Crippen LogP contribution in [0.3, 0.4) is 0 Å². The molecule has 3 aromatic rings. The smallest absolute Gasteiger partial charge is 0.253 e. The molecular weight excluding hydrogens is 450 g/mol. The Kier molecular flexibility index (Phi) is 6.43. The Balaban J connectivity index is 1.41. The molecule has 2 aliphatic heterocycles. The van der Waals surface area contributed by atoms with E-state index >= 15 is 0 Å². The number of nitrogens with one attached hydrogen (secondary N) is 2. The summed E-state index contributed by atoms with van der Waals surface area (Å²) >= 11 is 5.78.